The van der Waals surface area contributed by atoms with Crippen molar-refractivity contribution in [3.63, 3.8) is 0 Å². The fourth-order valence-electron chi connectivity index (χ4n) is 0.544. The topological polar surface area (TPSA) is 0 Å². The summed E-state index contributed by atoms with van der Waals surface area (Å²) >= 11 is 12.6. The van der Waals surface area contributed by atoms with Gasteiger partial charge in [0.15, 0.2) is 11.6 Å². The van der Waals surface area contributed by atoms with Crippen LogP contribution < -0.4 is 0 Å². The summed E-state index contributed by atoms with van der Waals surface area (Å²) in [6, 6.07) is 0.990. The van der Waals surface area contributed by atoms with Crippen LogP contribution in [0.15, 0.2) is 6.07 Å². The van der Waals surface area contributed by atoms with Crippen molar-refractivity contribution in [1.82, 2.24) is 0 Å². The molecule has 0 spiro atoms. The van der Waals surface area contributed by atoms with Crippen molar-refractivity contribution in [3.8, 4) is 0 Å². The van der Waals surface area contributed by atoms with Crippen molar-refractivity contribution in [1.29, 1.82) is 0 Å². The van der Waals surface area contributed by atoms with E-state index in [9.17, 15) is 8.78 Å². The van der Waals surface area contributed by atoms with Crippen LogP contribution in [0.4, 0.5) is 8.78 Å². The highest BCUT2D eigenvalue weighted by molar-refractivity contribution is 14.1. The molecule has 0 aliphatic carbocycles. The van der Waals surface area contributed by atoms with E-state index in [1.165, 1.54) is 0 Å². The Hall–Kier alpha value is 0.390. The molecule has 1 rings (SSSR count). The van der Waals surface area contributed by atoms with Gasteiger partial charge in [-0.25, -0.2) is 8.78 Å². The van der Waals surface area contributed by atoms with Crippen molar-refractivity contribution < 1.29 is 8.78 Å². The van der Waals surface area contributed by atoms with Gasteiger partial charge in [0, 0.05) is 3.57 Å². The summed E-state index contributed by atoms with van der Waals surface area (Å²) in [5.41, 5.74) is 0. The Kier molecular flexibility index (Phi) is 2.94. The van der Waals surface area contributed by atoms with Gasteiger partial charge in [0.2, 0.25) is 0 Å². The molecule has 0 saturated carbocycles. The monoisotopic (exact) mass is 308 g/mol. The maximum Gasteiger partial charge on any atom is 0.178 e. The summed E-state index contributed by atoms with van der Waals surface area (Å²) in [5.74, 6) is -2.08. The lowest BCUT2D eigenvalue weighted by Gasteiger charge is -2.00. The molecule has 1 aromatic carbocycles. The molecule has 5 heteroatoms. The second-order valence-corrected chi connectivity index (χ2v) is 3.70. The van der Waals surface area contributed by atoms with Gasteiger partial charge in [-0.2, -0.15) is 0 Å². The molecule has 0 aliphatic rings. The summed E-state index contributed by atoms with van der Waals surface area (Å²) in [6.45, 7) is 0. The Morgan fingerprint density at radius 2 is 1.73 bits per heavy atom. The highest BCUT2D eigenvalue weighted by Crippen LogP contribution is 2.31. The smallest absolute Gasteiger partial charge is 0.178 e. The zero-order chi connectivity index (χ0) is 8.59. The maximum atomic E-state index is 12.6. The fourth-order valence-corrected chi connectivity index (χ4v) is 1.58. The van der Waals surface area contributed by atoms with Crippen LogP contribution in [0.1, 0.15) is 0 Å². The van der Waals surface area contributed by atoms with Crippen LogP contribution >= 0.6 is 45.8 Å². The Bertz CT molecular complexity index is 275. The summed E-state index contributed by atoms with van der Waals surface area (Å²) < 4.78 is 25.5. The van der Waals surface area contributed by atoms with Gasteiger partial charge in [-0.3, -0.25) is 0 Å². The first-order chi connectivity index (χ1) is 5.04. The highest BCUT2D eigenvalue weighted by atomic mass is 127. The largest absolute Gasteiger partial charge is 0.204 e. The average molecular weight is 309 g/mol. The zero-order valence-electron chi connectivity index (χ0n) is 4.97. The van der Waals surface area contributed by atoms with Crippen molar-refractivity contribution in [3.05, 3.63) is 31.3 Å². The summed E-state index contributed by atoms with van der Waals surface area (Å²) in [7, 11) is 0. The quantitative estimate of drug-likeness (QED) is 0.388. The van der Waals surface area contributed by atoms with E-state index in [2.05, 4.69) is 0 Å². The van der Waals surface area contributed by atoms with Crippen LogP contribution in [0.3, 0.4) is 0 Å². The molecular formula is C6HCl2F2I. The standard InChI is InChI=1S/C6HCl2F2I/c7-4-3(11)1-2(9)6(10)5(4)8/h1H. The van der Waals surface area contributed by atoms with E-state index in [4.69, 9.17) is 23.2 Å². The second kappa shape index (κ2) is 3.41. The van der Waals surface area contributed by atoms with Gasteiger partial charge in [0.1, 0.15) is 0 Å². The normalized spacial score (nSPS) is 10.3. The molecule has 60 valence electrons. The van der Waals surface area contributed by atoms with E-state index in [1.807, 2.05) is 0 Å². The summed E-state index contributed by atoms with van der Waals surface area (Å²) in [4.78, 5) is 0. The molecule has 0 bridgehead atoms. The van der Waals surface area contributed by atoms with Gasteiger partial charge >= 0.3 is 0 Å². The van der Waals surface area contributed by atoms with Crippen LogP contribution in [0.25, 0.3) is 0 Å². The molecule has 0 radical (unpaired) electrons. The van der Waals surface area contributed by atoms with Gasteiger partial charge in [-0.15, -0.1) is 0 Å². The summed E-state index contributed by atoms with van der Waals surface area (Å²) in [5, 5.41) is -0.317. The number of hydrogen-bond donors (Lipinski definition) is 0. The van der Waals surface area contributed by atoms with Gasteiger partial charge in [-0.05, 0) is 28.7 Å². The molecule has 0 saturated heterocycles. The van der Waals surface area contributed by atoms with E-state index in [1.54, 1.807) is 22.6 Å². The molecular weight excluding hydrogens is 308 g/mol. The fraction of sp³-hybridized carbons (Fsp3) is 0. The molecule has 0 aromatic heterocycles. The predicted octanol–water partition coefficient (Wildman–Crippen LogP) is 3.88. The molecule has 0 amide bonds. The van der Waals surface area contributed by atoms with Gasteiger partial charge in [0.05, 0.1) is 10.0 Å². The van der Waals surface area contributed by atoms with E-state index < -0.39 is 11.6 Å². The van der Waals surface area contributed by atoms with E-state index in [0.717, 1.165) is 6.07 Å². The van der Waals surface area contributed by atoms with Gasteiger partial charge in [0.25, 0.3) is 0 Å². The van der Waals surface area contributed by atoms with Gasteiger partial charge < -0.3 is 0 Å². The number of benzene rings is 1. The first-order valence-electron chi connectivity index (χ1n) is 2.52. The minimum Gasteiger partial charge on any atom is -0.204 e. The molecule has 0 atom stereocenters. The van der Waals surface area contributed by atoms with Crippen LogP contribution in [-0.2, 0) is 0 Å². The highest BCUT2D eigenvalue weighted by Gasteiger charge is 2.13. The Morgan fingerprint density at radius 1 is 1.18 bits per heavy atom. The molecule has 11 heavy (non-hydrogen) atoms. The predicted molar refractivity (Wildman–Crippen MR) is 49.1 cm³/mol. The maximum absolute atomic E-state index is 12.6. The van der Waals surface area contributed by atoms with E-state index in [-0.39, 0.29) is 10.0 Å². The first-order valence-corrected chi connectivity index (χ1v) is 4.36. The lowest BCUT2D eigenvalue weighted by Crippen LogP contribution is -1.88. The SMILES string of the molecule is Fc1cc(I)c(Cl)c(Cl)c1F. The minimum absolute atomic E-state index is 0.0474. The third-order valence-corrected chi connectivity index (χ3v) is 3.07. The van der Waals surface area contributed by atoms with Crippen molar-refractivity contribution in [2.75, 3.05) is 0 Å². The van der Waals surface area contributed by atoms with E-state index in [0.29, 0.717) is 3.57 Å². The van der Waals surface area contributed by atoms with Gasteiger partial charge in [-0.1, -0.05) is 23.2 Å². The Morgan fingerprint density at radius 3 is 2.27 bits per heavy atom. The molecule has 0 nitrogen and oxygen atoms in total. The van der Waals surface area contributed by atoms with E-state index >= 15 is 0 Å². The Balaban J connectivity index is 3.46. The number of halogens is 5. The molecule has 1 aromatic rings. The van der Waals surface area contributed by atoms with Crippen LogP contribution in [0.5, 0.6) is 0 Å². The van der Waals surface area contributed by atoms with Crippen molar-refractivity contribution in [2.45, 2.75) is 0 Å². The molecule has 0 aliphatic heterocycles. The molecule has 0 heterocycles. The average Bonchev–Trinajstić information content (AvgIpc) is 1.97. The van der Waals surface area contributed by atoms with Crippen LogP contribution in [0.2, 0.25) is 10.0 Å². The summed E-state index contributed by atoms with van der Waals surface area (Å²) in [6.07, 6.45) is 0. The zero-order valence-corrected chi connectivity index (χ0v) is 8.64. The Labute approximate surface area is 85.6 Å². The van der Waals surface area contributed by atoms with Crippen molar-refractivity contribution in [2.24, 2.45) is 0 Å². The molecule has 0 N–H and O–H groups in total. The first kappa shape index (κ1) is 9.48. The van der Waals surface area contributed by atoms with Crippen LogP contribution in [0, 0.1) is 15.2 Å². The van der Waals surface area contributed by atoms with Crippen molar-refractivity contribution >= 4 is 45.8 Å². The lowest BCUT2D eigenvalue weighted by atomic mass is 10.3. The third kappa shape index (κ3) is 1.76. The number of hydrogen-bond acceptors (Lipinski definition) is 0. The second-order valence-electron chi connectivity index (χ2n) is 1.78. The molecule has 0 fully saturated rings. The lowest BCUT2D eigenvalue weighted by molar-refractivity contribution is 0.508. The van der Waals surface area contributed by atoms with Crippen LogP contribution in [-0.4, -0.2) is 0 Å². The minimum atomic E-state index is -1.10. The molecule has 0 unspecified atom stereocenters. The number of rotatable bonds is 0. The third-order valence-electron chi connectivity index (χ3n) is 1.06.